The summed E-state index contributed by atoms with van der Waals surface area (Å²) in [7, 11) is 0. The molecule has 1 fully saturated rings. The van der Waals surface area contributed by atoms with Gasteiger partial charge < -0.3 is 4.74 Å². The molecule has 1 heterocycles. The molecule has 0 aromatic rings. The largest absolute Gasteiger partial charge is 0.604 e. The zero-order valence-electron chi connectivity index (χ0n) is 9.77. The number of cyclic esters (lactones) is 2. The van der Waals surface area contributed by atoms with Crippen LogP contribution in [0.2, 0.25) is 0 Å². The molecule has 1 atom stereocenters. The van der Waals surface area contributed by atoms with Crippen molar-refractivity contribution in [2.45, 2.75) is 19.3 Å². The summed E-state index contributed by atoms with van der Waals surface area (Å²) < 4.78 is 19.2. The summed E-state index contributed by atoms with van der Waals surface area (Å²) in [5.74, 6) is -1.28. The third-order valence-corrected chi connectivity index (χ3v) is 3.49. The van der Waals surface area contributed by atoms with Crippen LogP contribution < -0.4 is 0 Å². The second kappa shape index (κ2) is 4.15. The molecule has 0 spiro atoms. The summed E-state index contributed by atoms with van der Waals surface area (Å²) >= 11 is 0. The molecule has 0 aromatic carbocycles. The number of carbonyl (C=O) groups excluding carboxylic acids is 2. The van der Waals surface area contributed by atoms with Gasteiger partial charge in [-0.25, -0.2) is 4.39 Å². The lowest BCUT2D eigenvalue weighted by molar-refractivity contribution is -0.450. The predicted octanol–water partition coefficient (Wildman–Crippen LogP) is 1.96. The molecule has 0 saturated heterocycles. The first kappa shape index (κ1) is 11.3. The van der Waals surface area contributed by atoms with Gasteiger partial charge in [0.05, 0.1) is 0 Å². The molecule has 18 heavy (non-hydrogen) atoms. The van der Waals surface area contributed by atoms with Gasteiger partial charge in [-0.1, -0.05) is 0 Å². The molecule has 0 radical (unpaired) electrons. The van der Waals surface area contributed by atoms with Crippen LogP contribution >= 0.6 is 0 Å². The van der Waals surface area contributed by atoms with Crippen LogP contribution in [0.25, 0.3) is 0 Å². The minimum absolute atomic E-state index is 0.475. The Hall–Kier alpha value is -1.78. The fourth-order valence-corrected chi connectivity index (χ4v) is 2.26. The zero-order chi connectivity index (χ0) is 12.7. The lowest BCUT2D eigenvalue weighted by Gasteiger charge is -2.18. The Kier molecular flexibility index (Phi) is 2.61. The van der Waals surface area contributed by atoms with Crippen LogP contribution in [0.5, 0.6) is 0 Å². The number of hydrogen-bond donors (Lipinski definition) is 0. The van der Waals surface area contributed by atoms with Gasteiger partial charge in [0.25, 0.3) is 0 Å². The van der Waals surface area contributed by atoms with Gasteiger partial charge in [-0.2, -0.15) is 4.79 Å². The number of ether oxygens (including phenoxy) is 1. The molecule has 1 unspecified atom stereocenters. The SMILES string of the molecule is O=C1OC(=O)[N+](CCC2CC2)=C2C=CC(F)=CC12. The number of fused-ring (bicyclic) bond motifs is 1. The van der Waals surface area contributed by atoms with E-state index in [1.54, 1.807) is 0 Å². The van der Waals surface area contributed by atoms with Gasteiger partial charge in [0.1, 0.15) is 5.83 Å². The van der Waals surface area contributed by atoms with Crippen LogP contribution in [-0.4, -0.2) is 28.9 Å². The standard InChI is InChI=1S/C13H13FNO3/c14-9-3-4-11-10(7-9)12(16)18-13(17)15(11)6-5-8-1-2-8/h3-4,7-8,10H,1-2,5-6H2/q+1. The van der Waals surface area contributed by atoms with Crippen molar-refractivity contribution in [2.24, 2.45) is 11.8 Å². The quantitative estimate of drug-likeness (QED) is 0.437. The van der Waals surface area contributed by atoms with Crippen molar-refractivity contribution in [2.75, 3.05) is 6.54 Å². The van der Waals surface area contributed by atoms with Crippen LogP contribution in [0.4, 0.5) is 9.18 Å². The first-order valence-corrected chi connectivity index (χ1v) is 6.10. The fourth-order valence-electron chi connectivity index (χ4n) is 2.26. The Balaban J connectivity index is 1.91. The van der Waals surface area contributed by atoms with Crippen molar-refractivity contribution < 1.29 is 23.3 Å². The molecule has 0 N–H and O–H groups in total. The Morgan fingerprint density at radius 3 is 2.83 bits per heavy atom. The third-order valence-electron chi connectivity index (χ3n) is 3.49. The number of halogens is 1. The van der Waals surface area contributed by atoms with Crippen LogP contribution in [-0.2, 0) is 9.53 Å². The predicted molar refractivity (Wildman–Crippen MR) is 60.8 cm³/mol. The van der Waals surface area contributed by atoms with Gasteiger partial charge in [-0.3, -0.25) is 4.79 Å². The van der Waals surface area contributed by atoms with Gasteiger partial charge in [0.2, 0.25) is 5.71 Å². The molecule has 2 aliphatic carbocycles. The average molecular weight is 250 g/mol. The van der Waals surface area contributed by atoms with E-state index in [0.717, 1.165) is 6.42 Å². The second-order valence-electron chi connectivity index (χ2n) is 4.86. The highest BCUT2D eigenvalue weighted by atomic mass is 19.1. The zero-order valence-corrected chi connectivity index (χ0v) is 9.77. The Bertz CT molecular complexity index is 514. The summed E-state index contributed by atoms with van der Waals surface area (Å²) in [5.41, 5.74) is 0.526. The Morgan fingerprint density at radius 2 is 2.11 bits per heavy atom. The number of allylic oxidation sites excluding steroid dienone is 3. The number of rotatable bonds is 3. The highest BCUT2D eigenvalue weighted by Gasteiger charge is 2.43. The first-order valence-electron chi connectivity index (χ1n) is 6.10. The molecular weight excluding hydrogens is 237 g/mol. The van der Waals surface area contributed by atoms with Crippen molar-refractivity contribution in [3.05, 3.63) is 24.1 Å². The van der Waals surface area contributed by atoms with E-state index in [4.69, 9.17) is 0 Å². The van der Waals surface area contributed by atoms with Gasteiger partial charge in [0, 0.05) is 12.5 Å². The van der Waals surface area contributed by atoms with Crippen molar-refractivity contribution in [1.82, 2.24) is 0 Å². The van der Waals surface area contributed by atoms with Gasteiger partial charge in [-0.15, -0.1) is 4.58 Å². The van der Waals surface area contributed by atoms with E-state index in [0.29, 0.717) is 18.2 Å². The molecule has 4 nitrogen and oxygen atoms in total. The van der Waals surface area contributed by atoms with Crippen LogP contribution in [0.1, 0.15) is 19.3 Å². The van der Waals surface area contributed by atoms with E-state index in [9.17, 15) is 14.0 Å². The van der Waals surface area contributed by atoms with E-state index < -0.39 is 23.8 Å². The average Bonchev–Trinajstić information content (AvgIpc) is 3.13. The smallest absolute Gasteiger partial charge is 0.336 e. The van der Waals surface area contributed by atoms with E-state index >= 15 is 0 Å². The highest BCUT2D eigenvalue weighted by Crippen LogP contribution is 2.32. The van der Waals surface area contributed by atoms with Crippen LogP contribution in [0.15, 0.2) is 24.1 Å². The molecule has 1 amide bonds. The lowest BCUT2D eigenvalue weighted by atomic mass is 9.96. The van der Waals surface area contributed by atoms with Gasteiger partial charge in [0.15, 0.2) is 12.5 Å². The van der Waals surface area contributed by atoms with E-state index in [-0.39, 0.29) is 0 Å². The molecule has 3 rings (SSSR count). The van der Waals surface area contributed by atoms with Crippen LogP contribution in [0, 0.1) is 11.8 Å². The maximum atomic E-state index is 13.1. The van der Waals surface area contributed by atoms with Crippen molar-refractivity contribution in [3.8, 4) is 0 Å². The van der Waals surface area contributed by atoms with Crippen molar-refractivity contribution in [1.29, 1.82) is 0 Å². The van der Waals surface area contributed by atoms with Gasteiger partial charge in [-0.05, 0) is 30.9 Å². The number of esters is 1. The molecule has 3 aliphatic rings. The number of hydrogen-bond acceptors (Lipinski definition) is 3. The molecule has 5 heteroatoms. The van der Waals surface area contributed by atoms with Crippen LogP contribution in [0.3, 0.4) is 0 Å². The summed E-state index contributed by atoms with van der Waals surface area (Å²) in [6, 6.07) is 0. The lowest BCUT2D eigenvalue weighted by Crippen LogP contribution is -2.43. The summed E-state index contributed by atoms with van der Waals surface area (Å²) in [6.07, 6.45) is 6.60. The number of nitrogens with zero attached hydrogens (tertiary/aromatic N) is 1. The monoisotopic (exact) mass is 250 g/mol. The van der Waals surface area contributed by atoms with Crippen molar-refractivity contribution in [3.63, 3.8) is 0 Å². The molecule has 0 aromatic heterocycles. The third kappa shape index (κ3) is 2.00. The Labute approximate surface area is 103 Å². The maximum absolute atomic E-state index is 13.1. The molecule has 0 bridgehead atoms. The maximum Gasteiger partial charge on any atom is 0.604 e. The topological polar surface area (TPSA) is 46.4 Å². The summed E-state index contributed by atoms with van der Waals surface area (Å²) in [4.78, 5) is 23.2. The number of carbonyl (C=O) groups is 2. The minimum Gasteiger partial charge on any atom is -0.336 e. The second-order valence-corrected chi connectivity index (χ2v) is 4.86. The van der Waals surface area contributed by atoms with E-state index in [1.807, 2.05) is 0 Å². The fraction of sp³-hybridized carbons (Fsp3) is 0.462. The number of amides is 1. The molecule has 1 saturated carbocycles. The first-order chi connectivity index (χ1) is 8.65. The summed E-state index contributed by atoms with van der Waals surface area (Å²) in [6.45, 7) is 0.530. The Morgan fingerprint density at radius 1 is 1.33 bits per heavy atom. The van der Waals surface area contributed by atoms with Crippen molar-refractivity contribution >= 4 is 17.8 Å². The molecular formula is C13H13FNO3+. The minimum atomic E-state index is -0.785. The summed E-state index contributed by atoms with van der Waals surface area (Å²) in [5, 5.41) is 0. The highest BCUT2D eigenvalue weighted by molar-refractivity contribution is 6.13. The molecule has 94 valence electrons. The van der Waals surface area contributed by atoms with E-state index in [2.05, 4.69) is 4.74 Å². The van der Waals surface area contributed by atoms with Gasteiger partial charge >= 0.3 is 12.1 Å². The molecule has 1 aliphatic heterocycles. The van der Waals surface area contributed by atoms with E-state index in [1.165, 1.54) is 35.6 Å². The normalized spacial score (nSPS) is 26.9.